The van der Waals surface area contributed by atoms with Crippen molar-refractivity contribution < 1.29 is 8.98 Å². The maximum atomic E-state index is 14.8. The normalized spacial score (nSPS) is 11.8. The summed E-state index contributed by atoms with van der Waals surface area (Å²) in [4.78, 5) is 8.74. The molecule has 0 aliphatic heterocycles. The average Bonchev–Trinajstić information content (AvgIpc) is 3.27. The number of furan rings is 1. The molecule has 2 heterocycles. The van der Waals surface area contributed by atoms with E-state index >= 15 is 0 Å². The van der Waals surface area contributed by atoms with Gasteiger partial charge >= 0.3 is 0 Å². The quantitative estimate of drug-likeness (QED) is 0.327. The topological polar surface area (TPSA) is 56.0 Å². The van der Waals surface area contributed by atoms with Gasteiger partial charge in [-0.15, -0.1) is 0 Å². The molecule has 0 N–H and O–H groups in total. The van der Waals surface area contributed by atoms with Crippen LogP contribution in [0, 0.1) is 0 Å². The molecule has 6 rings (SSSR count). The molecular formula is C28H19N2O2P. The zero-order valence-corrected chi connectivity index (χ0v) is 18.5. The van der Waals surface area contributed by atoms with Crippen LogP contribution in [0.15, 0.2) is 120 Å². The Hall–Kier alpha value is -4.01. The molecule has 0 aliphatic rings. The highest BCUT2D eigenvalue weighted by atomic mass is 31.2. The molecular weight excluding hydrogens is 427 g/mol. The number of hydrogen-bond donors (Lipinski definition) is 0. The van der Waals surface area contributed by atoms with Gasteiger partial charge in [0.25, 0.3) is 0 Å². The SMILES string of the molecule is O=P(c1ccccc1)(c1ccccc1)c1ccc2oc3ccc(-c4ncccn4)cc3c2c1. The van der Waals surface area contributed by atoms with E-state index in [4.69, 9.17) is 4.42 Å². The number of fused-ring (bicyclic) bond motifs is 3. The fraction of sp³-hybridized carbons (Fsp3) is 0. The van der Waals surface area contributed by atoms with Crippen LogP contribution >= 0.6 is 7.14 Å². The molecule has 0 radical (unpaired) electrons. The molecule has 5 heteroatoms. The third-order valence-corrected chi connectivity index (χ3v) is 8.94. The van der Waals surface area contributed by atoms with Gasteiger partial charge < -0.3 is 8.98 Å². The van der Waals surface area contributed by atoms with Crippen LogP contribution in [0.1, 0.15) is 0 Å². The molecule has 4 aromatic carbocycles. The van der Waals surface area contributed by atoms with Crippen molar-refractivity contribution in [3.8, 4) is 11.4 Å². The number of aromatic nitrogens is 2. The Morgan fingerprint density at radius 2 is 1.15 bits per heavy atom. The molecule has 0 saturated heterocycles. The highest BCUT2D eigenvalue weighted by Gasteiger charge is 2.30. The second-order valence-corrected chi connectivity index (χ2v) is 10.6. The van der Waals surface area contributed by atoms with Crippen molar-refractivity contribution in [2.75, 3.05) is 0 Å². The van der Waals surface area contributed by atoms with E-state index in [2.05, 4.69) is 9.97 Å². The van der Waals surface area contributed by atoms with Crippen LogP contribution in [0.2, 0.25) is 0 Å². The number of rotatable bonds is 4. The van der Waals surface area contributed by atoms with Crippen molar-refractivity contribution >= 4 is 45.0 Å². The van der Waals surface area contributed by atoms with E-state index < -0.39 is 7.14 Å². The Bertz CT molecular complexity index is 1590. The van der Waals surface area contributed by atoms with E-state index in [0.717, 1.165) is 43.4 Å². The maximum Gasteiger partial charge on any atom is 0.171 e. The Morgan fingerprint density at radius 3 is 1.79 bits per heavy atom. The standard InChI is InChI=1S/C28H19N2O2P/c31-33(21-8-3-1-4-9-21,22-10-5-2-6-11-22)23-13-15-27-25(19-23)24-18-20(12-14-26(24)32-27)28-29-16-7-17-30-28/h1-19H. The van der Waals surface area contributed by atoms with E-state index in [-0.39, 0.29) is 0 Å². The van der Waals surface area contributed by atoms with Gasteiger partial charge in [-0.1, -0.05) is 60.7 Å². The second kappa shape index (κ2) is 7.84. The van der Waals surface area contributed by atoms with Crippen LogP contribution in [0.5, 0.6) is 0 Å². The van der Waals surface area contributed by atoms with Crippen LogP contribution in [0.4, 0.5) is 0 Å². The molecule has 4 nitrogen and oxygen atoms in total. The van der Waals surface area contributed by atoms with Gasteiger partial charge in [0, 0.05) is 44.6 Å². The van der Waals surface area contributed by atoms with Gasteiger partial charge in [0.15, 0.2) is 13.0 Å². The number of benzene rings is 4. The smallest absolute Gasteiger partial charge is 0.171 e. The predicted octanol–water partition coefficient (Wildman–Crippen LogP) is 5.68. The Morgan fingerprint density at radius 1 is 0.576 bits per heavy atom. The summed E-state index contributed by atoms with van der Waals surface area (Å²) in [5.74, 6) is 0.657. The number of hydrogen-bond acceptors (Lipinski definition) is 4. The largest absolute Gasteiger partial charge is 0.456 e. The third-order valence-electron chi connectivity index (χ3n) is 5.88. The van der Waals surface area contributed by atoms with E-state index in [0.29, 0.717) is 5.82 Å². The van der Waals surface area contributed by atoms with Gasteiger partial charge in [0.2, 0.25) is 0 Å². The summed E-state index contributed by atoms with van der Waals surface area (Å²) in [6.07, 6.45) is 3.46. The lowest BCUT2D eigenvalue weighted by molar-refractivity contribution is 0.592. The first-order valence-corrected chi connectivity index (χ1v) is 12.4. The summed E-state index contributed by atoms with van der Waals surface area (Å²) < 4.78 is 20.8. The summed E-state index contributed by atoms with van der Waals surface area (Å²) in [6.45, 7) is 0. The lowest BCUT2D eigenvalue weighted by Crippen LogP contribution is -2.24. The number of nitrogens with zero attached hydrogens (tertiary/aromatic N) is 2. The lowest BCUT2D eigenvalue weighted by atomic mass is 10.1. The highest BCUT2D eigenvalue weighted by Crippen LogP contribution is 2.43. The minimum Gasteiger partial charge on any atom is -0.456 e. The van der Waals surface area contributed by atoms with Gasteiger partial charge in [-0.25, -0.2) is 9.97 Å². The third kappa shape index (κ3) is 3.27. The van der Waals surface area contributed by atoms with Crippen LogP contribution < -0.4 is 15.9 Å². The summed E-state index contributed by atoms with van der Waals surface area (Å²) in [5.41, 5.74) is 2.44. The lowest BCUT2D eigenvalue weighted by Gasteiger charge is -2.20. The summed E-state index contributed by atoms with van der Waals surface area (Å²) >= 11 is 0. The van der Waals surface area contributed by atoms with Crippen LogP contribution in [-0.2, 0) is 4.57 Å². The van der Waals surface area contributed by atoms with Crippen LogP contribution in [-0.4, -0.2) is 9.97 Å². The van der Waals surface area contributed by atoms with Crippen LogP contribution in [0.3, 0.4) is 0 Å². The molecule has 0 amide bonds. The highest BCUT2D eigenvalue weighted by molar-refractivity contribution is 7.85. The van der Waals surface area contributed by atoms with Crippen molar-refractivity contribution in [1.82, 2.24) is 9.97 Å². The molecule has 2 aromatic heterocycles. The Balaban J connectivity index is 1.60. The average molecular weight is 446 g/mol. The van der Waals surface area contributed by atoms with Gasteiger partial charge in [0.05, 0.1) is 0 Å². The summed E-state index contributed by atoms with van der Waals surface area (Å²) in [6, 6.07) is 33.0. The first kappa shape index (κ1) is 19.7. The van der Waals surface area contributed by atoms with Crippen molar-refractivity contribution in [3.63, 3.8) is 0 Å². The van der Waals surface area contributed by atoms with E-state index in [9.17, 15) is 4.57 Å². The molecule has 0 saturated carbocycles. The van der Waals surface area contributed by atoms with Gasteiger partial charge in [-0.3, -0.25) is 0 Å². The predicted molar refractivity (Wildman–Crippen MR) is 134 cm³/mol. The monoisotopic (exact) mass is 446 g/mol. The summed E-state index contributed by atoms with van der Waals surface area (Å²) in [7, 11) is -3.07. The second-order valence-electron chi connectivity index (χ2n) is 7.85. The van der Waals surface area contributed by atoms with E-state index in [1.54, 1.807) is 18.5 Å². The first-order chi connectivity index (χ1) is 16.2. The zero-order chi connectivity index (χ0) is 22.3. The van der Waals surface area contributed by atoms with Gasteiger partial charge in [0.1, 0.15) is 11.2 Å². The fourth-order valence-electron chi connectivity index (χ4n) is 4.27. The Kier molecular flexibility index (Phi) is 4.67. The molecule has 0 bridgehead atoms. The van der Waals surface area contributed by atoms with E-state index in [1.807, 2.05) is 97.1 Å². The molecule has 0 spiro atoms. The van der Waals surface area contributed by atoms with Gasteiger partial charge in [-0.05, 0) is 42.5 Å². The maximum absolute atomic E-state index is 14.8. The van der Waals surface area contributed by atoms with E-state index in [1.165, 1.54) is 0 Å². The van der Waals surface area contributed by atoms with Crippen molar-refractivity contribution in [3.05, 3.63) is 116 Å². The Labute approximate surface area is 190 Å². The van der Waals surface area contributed by atoms with Crippen LogP contribution in [0.25, 0.3) is 33.3 Å². The molecule has 0 atom stereocenters. The van der Waals surface area contributed by atoms with Crippen molar-refractivity contribution in [2.24, 2.45) is 0 Å². The van der Waals surface area contributed by atoms with Crippen molar-refractivity contribution in [2.45, 2.75) is 0 Å². The minimum atomic E-state index is -3.07. The fourth-order valence-corrected chi connectivity index (χ4v) is 6.95. The summed E-state index contributed by atoms with van der Waals surface area (Å²) in [5, 5.41) is 4.26. The first-order valence-electron chi connectivity index (χ1n) is 10.7. The minimum absolute atomic E-state index is 0.657. The molecule has 33 heavy (non-hydrogen) atoms. The molecule has 0 unspecified atom stereocenters. The van der Waals surface area contributed by atoms with Crippen molar-refractivity contribution in [1.29, 1.82) is 0 Å². The molecule has 0 aliphatic carbocycles. The zero-order valence-electron chi connectivity index (χ0n) is 17.6. The molecule has 158 valence electrons. The molecule has 0 fully saturated rings. The van der Waals surface area contributed by atoms with Gasteiger partial charge in [-0.2, -0.15) is 0 Å². The molecule has 6 aromatic rings.